The lowest BCUT2D eigenvalue weighted by molar-refractivity contribution is 0.577. The Morgan fingerprint density at radius 1 is 1.56 bits per heavy atom. The van der Waals surface area contributed by atoms with E-state index in [0.29, 0.717) is 5.92 Å². The van der Waals surface area contributed by atoms with E-state index in [0.717, 1.165) is 18.6 Å². The van der Waals surface area contributed by atoms with Crippen molar-refractivity contribution < 1.29 is 12.8 Å². The lowest BCUT2D eigenvalue weighted by Gasteiger charge is -2.08. The highest BCUT2D eigenvalue weighted by Crippen LogP contribution is 2.30. The molecule has 1 fully saturated rings. The molecule has 0 amide bonds. The van der Waals surface area contributed by atoms with Gasteiger partial charge in [-0.3, -0.25) is 0 Å². The van der Waals surface area contributed by atoms with Crippen molar-refractivity contribution in [3.63, 3.8) is 0 Å². The Kier molecular flexibility index (Phi) is 3.39. The van der Waals surface area contributed by atoms with Gasteiger partial charge in [-0.15, -0.1) is 0 Å². The predicted molar refractivity (Wildman–Crippen MR) is 70.2 cm³/mol. The fraction of sp³-hybridized carbons (Fsp3) is 0.364. The lowest BCUT2D eigenvalue weighted by atomic mass is 10.2. The summed E-state index contributed by atoms with van der Waals surface area (Å²) in [4.78, 5) is -0.185. The van der Waals surface area contributed by atoms with Crippen LogP contribution in [0.2, 0.25) is 0 Å². The van der Waals surface area contributed by atoms with Crippen molar-refractivity contribution in [1.82, 2.24) is 4.72 Å². The Morgan fingerprint density at radius 2 is 2.17 bits per heavy atom. The molecule has 18 heavy (non-hydrogen) atoms. The van der Waals surface area contributed by atoms with Gasteiger partial charge in [0, 0.05) is 11.6 Å². The van der Waals surface area contributed by atoms with Crippen LogP contribution >= 0.6 is 12.2 Å². The summed E-state index contributed by atoms with van der Waals surface area (Å²) >= 11 is 4.67. The van der Waals surface area contributed by atoms with Crippen LogP contribution in [-0.4, -0.2) is 19.4 Å². The molecule has 0 spiro atoms. The second-order valence-corrected chi connectivity index (χ2v) is 6.60. The van der Waals surface area contributed by atoms with Crippen molar-refractivity contribution in [2.75, 3.05) is 0 Å². The molecule has 7 heteroatoms. The van der Waals surface area contributed by atoms with E-state index in [9.17, 15) is 12.8 Å². The van der Waals surface area contributed by atoms with Crippen LogP contribution in [0.4, 0.5) is 4.39 Å². The number of halogens is 1. The topological polar surface area (TPSA) is 72.2 Å². The highest BCUT2D eigenvalue weighted by Gasteiger charge is 2.36. The third-order valence-corrected chi connectivity index (χ3v) is 4.64. The fourth-order valence-electron chi connectivity index (χ4n) is 1.61. The third kappa shape index (κ3) is 2.68. The zero-order valence-electron chi connectivity index (χ0n) is 9.68. The first-order valence-corrected chi connectivity index (χ1v) is 7.32. The van der Waals surface area contributed by atoms with Gasteiger partial charge in [-0.1, -0.05) is 19.1 Å². The van der Waals surface area contributed by atoms with E-state index in [2.05, 4.69) is 16.9 Å². The molecule has 0 heterocycles. The number of nitrogens with two attached hydrogens (primary N) is 1. The number of sulfonamides is 1. The molecule has 2 atom stereocenters. The first kappa shape index (κ1) is 13.4. The maximum Gasteiger partial charge on any atom is 0.240 e. The number of hydrogen-bond donors (Lipinski definition) is 2. The normalized spacial score (nSPS) is 22.8. The summed E-state index contributed by atoms with van der Waals surface area (Å²) in [5.41, 5.74) is 5.28. The number of nitrogens with one attached hydrogen (secondary N) is 1. The van der Waals surface area contributed by atoms with E-state index < -0.39 is 15.8 Å². The molecule has 1 aromatic rings. The average molecular weight is 288 g/mol. The van der Waals surface area contributed by atoms with Crippen LogP contribution in [0.3, 0.4) is 0 Å². The summed E-state index contributed by atoms with van der Waals surface area (Å²) in [5, 5.41) is 0. The van der Waals surface area contributed by atoms with Crippen molar-refractivity contribution in [2.24, 2.45) is 11.7 Å². The molecule has 1 aliphatic carbocycles. The zero-order valence-corrected chi connectivity index (χ0v) is 11.3. The molecule has 2 rings (SSSR count). The molecular formula is C11H13FN2O2S2. The molecule has 3 N–H and O–H groups in total. The van der Waals surface area contributed by atoms with E-state index in [4.69, 9.17) is 5.73 Å². The van der Waals surface area contributed by atoms with Gasteiger partial charge in [-0.25, -0.2) is 17.5 Å². The van der Waals surface area contributed by atoms with Gasteiger partial charge in [0.2, 0.25) is 10.0 Å². The SMILES string of the molecule is CC1CC1NS(=O)(=O)c1ccc(F)c(C(N)=S)c1. The smallest absolute Gasteiger partial charge is 0.240 e. The summed E-state index contributed by atoms with van der Waals surface area (Å²) in [6.45, 7) is 1.96. The minimum atomic E-state index is -3.63. The lowest BCUT2D eigenvalue weighted by Crippen LogP contribution is -2.27. The molecule has 4 nitrogen and oxygen atoms in total. The van der Waals surface area contributed by atoms with E-state index in [1.54, 1.807) is 0 Å². The Balaban J connectivity index is 2.33. The highest BCUT2D eigenvalue weighted by atomic mass is 32.2. The van der Waals surface area contributed by atoms with Crippen molar-refractivity contribution >= 4 is 27.2 Å². The van der Waals surface area contributed by atoms with Crippen molar-refractivity contribution in [1.29, 1.82) is 0 Å². The number of thiocarbonyl (C=S) groups is 1. The first-order valence-electron chi connectivity index (χ1n) is 5.43. The van der Waals surface area contributed by atoms with Gasteiger partial charge in [0.05, 0.1) is 4.90 Å². The standard InChI is InChI=1S/C11H13FN2O2S2/c1-6-4-10(6)14-18(15,16)7-2-3-9(12)8(5-7)11(13)17/h2-3,5-6,10,14H,4H2,1H3,(H2,13,17). The highest BCUT2D eigenvalue weighted by molar-refractivity contribution is 7.89. The largest absolute Gasteiger partial charge is 0.389 e. The van der Waals surface area contributed by atoms with E-state index >= 15 is 0 Å². The summed E-state index contributed by atoms with van der Waals surface area (Å²) in [5.74, 6) is -0.281. The van der Waals surface area contributed by atoms with Crippen LogP contribution in [-0.2, 0) is 10.0 Å². The average Bonchev–Trinajstić information content (AvgIpc) is 2.92. The second kappa shape index (κ2) is 4.56. The fourth-order valence-corrected chi connectivity index (χ4v) is 3.15. The summed E-state index contributed by atoms with van der Waals surface area (Å²) in [7, 11) is -3.63. The van der Waals surface area contributed by atoms with Crippen molar-refractivity contribution in [2.45, 2.75) is 24.3 Å². The Hall–Kier alpha value is -1.05. The van der Waals surface area contributed by atoms with Crippen LogP contribution in [0.15, 0.2) is 23.1 Å². The zero-order chi connectivity index (χ0) is 13.5. The predicted octanol–water partition coefficient (Wildman–Crippen LogP) is 1.15. The van der Waals surface area contributed by atoms with Crippen LogP contribution < -0.4 is 10.5 Å². The third-order valence-electron chi connectivity index (χ3n) is 2.93. The second-order valence-electron chi connectivity index (χ2n) is 4.45. The van der Waals surface area contributed by atoms with Gasteiger partial charge in [0.25, 0.3) is 0 Å². The quantitative estimate of drug-likeness (QED) is 0.815. The molecule has 0 aliphatic heterocycles. The van der Waals surface area contributed by atoms with Crippen molar-refractivity contribution in [3.05, 3.63) is 29.6 Å². The number of benzene rings is 1. The Labute approximate surface area is 110 Å². The van der Waals surface area contributed by atoms with Gasteiger partial charge in [-0.05, 0) is 30.5 Å². The van der Waals surface area contributed by atoms with Gasteiger partial charge in [0.15, 0.2) is 0 Å². The first-order chi connectivity index (χ1) is 8.31. The van der Waals surface area contributed by atoms with Crippen LogP contribution in [0.25, 0.3) is 0 Å². The van der Waals surface area contributed by atoms with Gasteiger partial charge in [-0.2, -0.15) is 0 Å². The molecule has 1 aliphatic rings. The van der Waals surface area contributed by atoms with Crippen LogP contribution in [0.1, 0.15) is 18.9 Å². The molecule has 0 radical (unpaired) electrons. The van der Waals surface area contributed by atoms with Gasteiger partial charge in [0.1, 0.15) is 10.8 Å². The van der Waals surface area contributed by atoms with Crippen LogP contribution in [0, 0.1) is 11.7 Å². The molecule has 0 bridgehead atoms. The van der Waals surface area contributed by atoms with Crippen LogP contribution in [0.5, 0.6) is 0 Å². The summed E-state index contributed by atoms with van der Waals surface area (Å²) in [6.07, 6.45) is 0.822. The minimum absolute atomic E-state index is 0.0224. The molecule has 98 valence electrons. The monoisotopic (exact) mass is 288 g/mol. The van der Waals surface area contributed by atoms with E-state index in [-0.39, 0.29) is 21.5 Å². The van der Waals surface area contributed by atoms with Gasteiger partial charge >= 0.3 is 0 Å². The summed E-state index contributed by atoms with van der Waals surface area (Å²) < 4.78 is 39.9. The number of hydrogen-bond acceptors (Lipinski definition) is 3. The molecule has 0 aromatic heterocycles. The molecule has 1 saturated carbocycles. The molecule has 1 aromatic carbocycles. The molecule has 0 saturated heterocycles. The van der Waals surface area contributed by atoms with E-state index in [1.165, 1.54) is 6.07 Å². The van der Waals surface area contributed by atoms with Crippen molar-refractivity contribution in [3.8, 4) is 0 Å². The maximum atomic E-state index is 13.4. The Morgan fingerprint density at radius 3 is 2.67 bits per heavy atom. The molecular weight excluding hydrogens is 275 g/mol. The summed E-state index contributed by atoms with van der Waals surface area (Å²) in [6, 6.07) is 3.38. The van der Waals surface area contributed by atoms with E-state index in [1.807, 2.05) is 6.92 Å². The Bertz CT molecular complexity index is 601. The maximum absolute atomic E-state index is 13.4. The molecule has 2 unspecified atom stereocenters. The minimum Gasteiger partial charge on any atom is -0.389 e. The number of rotatable bonds is 4. The van der Waals surface area contributed by atoms with Gasteiger partial charge < -0.3 is 5.73 Å².